The minimum Gasteiger partial charge on any atom is -0.383 e. The number of amides is 2. The molecule has 2 amide bonds. The summed E-state index contributed by atoms with van der Waals surface area (Å²) < 4.78 is 6.96. The predicted octanol–water partition coefficient (Wildman–Crippen LogP) is 5.40. The molecule has 0 saturated carbocycles. The van der Waals surface area contributed by atoms with E-state index >= 15 is 0 Å². The average molecular weight is 555 g/mol. The van der Waals surface area contributed by atoms with Crippen LogP contribution >= 0.6 is 11.8 Å². The van der Waals surface area contributed by atoms with Crippen LogP contribution in [-0.4, -0.2) is 54.2 Å². The summed E-state index contributed by atoms with van der Waals surface area (Å²) >= 11 is 1.58. The van der Waals surface area contributed by atoms with E-state index in [1.54, 1.807) is 23.8 Å². The van der Waals surface area contributed by atoms with Crippen molar-refractivity contribution in [1.82, 2.24) is 15.1 Å². The van der Waals surface area contributed by atoms with E-state index < -0.39 is 0 Å². The fourth-order valence-electron chi connectivity index (χ4n) is 5.16. The first-order valence-corrected chi connectivity index (χ1v) is 14.4. The Hall–Kier alpha value is -3.88. The minimum absolute atomic E-state index is 0.110. The highest BCUT2D eigenvalue weighted by molar-refractivity contribution is 8.00. The van der Waals surface area contributed by atoms with Gasteiger partial charge in [0.2, 0.25) is 11.8 Å². The molecular formula is C32H34N4O3S. The van der Waals surface area contributed by atoms with E-state index in [9.17, 15) is 9.59 Å². The Morgan fingerprint density at radius 3 is 2.50 bits per heavy atom. The maximum atomic E-state index is 13.8. The average Bonchev–Trinajstić information content (AvgIpc) is 3.26. The van der Waals surface area contributed by atoms with Gasteiger partial charge in [-0.15, -0.1) is 11.8 Å². The van der Waals surface area contributed by atoms with Gasteiger partial charge in [0.1, 0.15) is 12.4 Å². The number of thioether (sulfide) groups is 1. The quantitative estimate of drug-likeness (QED) is 0.295. The molecule has 40 heavy (non-hydrogen) atoms. The lowest BCUT2D eigenvalue weighted by atomic mass is 9.96. The van der Waals surface area contributed by atoms with Crippen LogP contribution in [0.4, 0.5) is 5.82 Å². The van der Waals surface area contributed by atoms with E-state index in [0.29, 0.717) is 19.0 Å². The van der Waals surface area contributed by atoms with Crippen molar-refractivity contribution in [3.8, 4) is 16.9 Å². The van der Waals surface area contributed by atoms with Gasteiger partial charge < -0.3 is 10.1 Å². The molecule has 0 aliphatic carbocycles. The van der Waals surface area contributed by atoms with Crippen molar-refractivity contribution in [1.29, 1.82) is 0 Å². The summed E-state index contributed by atoms with van der Waals surface area (Å²) in [6.07, 6.45) is 0. The van der Waals surface area contributed by atoms with Crippen molar-refractivity contribution in [2.24, 2.45) is 0 Å². The Bertz CT molecular complexity index is 1530. The molecule has 0 spiro atoms. The smallest absolute Gasteiger partial charge is 0.240 e. The van der Waals surface area contributed by atoms with Crippen LogP contribution in [0.3, 0.4) is 0 Å². The maximum Gasteiger partial charge on any atom is 0.240 e. The first kappa shape index (κ1) is 27.7. The number of aryl methyl sites for hydroxylation is 3. The zero-order valence-corrected chi connectivity index (χ0v) is 24.1. The molecule has 1 N–H and O–H groups in total. The van der Waals surface area contributed by atoms with Crippen molar-refractivity contribution in [2.45, 2.75) is 26.0 Å². The van der Waals surface area contributed by atoms with Gasteiger partial charge in [-0.25, -0.2) is 4.68 Å². The van der Waals surface area contributed by atoms with Crippen molar-refractivity contribution >= 4 is 29.4 Å². The lowest BCUT2D eigenvalue weighted by molar-refractivity contribution is -0.123. The standard InChI is InChI=1S/C32H34N4O3S/c1-21-14-15-26(23(3)18-21)36-32-29(30(34-36)24-11-6-5-7-12-24)31(25-13-9-8-10-22(25)2)40-20-28(38)35(32)19-27(37)33-16-17-39-4/h5-15,18,31H,16-17,19-20H2,1-4H3,(H,33,37)/t31-/m1/s1. The molecule has 2 heterocycles. The third kappa shape index (κ3) is 5.55. The van der Waals surface area contributed by atoms with E-state index in [1.807, 2.05) is 66.2 Å². The van der Waals surface area contributed by atoms with E-state index in [4.69, 9.17) is 9.84 Å². The van der Waals surface area contributed by atoms with Gasteiger partial charge >= 0.3 is 0 Å². The molecular weight excluding hydrogens is 520 g/mol. The van der Waals surface area contributed by atoms with Crippen LogP contribution in [0.25, 0.3) is 16.9 Å². The van der Waals surface area contributed by atoms with Gasteiger partial charge in [-0.1, -0.05) is 72.3 Å². The highest BCUT2D eigenvalue weighted by Gasteiger charge is 2.38. The van der Waals surface area contributed by atoms with Crippen molar-refractivity contribution in [3.05, 3.63) is 101 Å². The molecule has 206 valence electrons. The predicted molar refractivity (Wildman–Crippen MR) is 161 cm³/mol. The normalized spacial score (nSPS) is 15.1. The van der Waals surface area contributed by atoms with E-state index in [2.05, 4.69) is 37.4 Å². The van der Waals surface area contributed by atoms with Gasteiger partial charge in [0.15, 0.2) is 0 Å². The monoisotopic (exact) mass is 554 g/mol. The fraction of sp³-hybridized carbons (Fsp3) is 0.281. The van der Waals surface area contributed by atoms with Crippen LogP contribution in [0.2, 0.25) is 0 Å². The Morgan fingerprint density at radius 1 is 1.02 bits per heavy atom. The third-order valence-corrected chi connectivity index (χ3v) is 8.35. The number of methoxy groups -OCH3 is 1. The molecule has 5 rings (SSSR count). The van der Waals surface area contributed by atoms with E-state index in [0.717, 1.165) is 44.8 Å². The molecule has 8 heteroatoms. The third-order valence-electron chi connectivity index (χ3n) is 7.12. The molecule has 0 unspecified atom stereocenters. The second kappa shape index (κ2) is 12.1. The summed E-state index contributed by atoms with van der Waals surface area (Å²) in [6.45, 7) is 6.86. The van der Waals surface area contributed by atoms with Crippen LogP contribution in [0.1, 0.15) is 33.1 Å². The number of rotatable bonds is 8. The molecule has 0 fully saturated rings. The molecule has 0 saturated heterocycles. The van der Waals surface area contributed by atoms with Gasteiger partial charge in [-0.05, 0) is 43.5 Å². The zero-order valence-electron chi connectivity index (χ0n) is 23.3. The van der Waals surface area contributed by atoms with Crippen LogP contribution in [0.5, 0.6) is 0 Å². The molecule has 1 atom stereocenters. The highest BCUT2D eigenvalue weighted by Crippen LogP contribution is 2.49. The number of hydrogen-bond acceptors (Lipinski definition) is 5. The number of aromatic nitrogens is 2. The van der Waals surface area contributed by atoms with Crippen LogP contribution in [-0.2, 0) is 14.3 Å². The minimum atomic E-state index is -0.245. The fourth-order valence-corrected chi connectivity index (χ4v) is 6.45. The van der Waals surface area contributed by atoms with Crippen LogP contribution in [0.15, 0.2) is 72.8 Å². The number of anilines is 1. The highest BCUT2D eigenvalue weighted by atomic mass is 32.2. The van der Waals surface area contributed by atoms with Gasteiger partial charge in [0.05, 0.1) is 29.0 Å². The summed E-state index contributed by atoms with van der Waals surface area (Å²) in [5.74, 6) is 0.496. The molecule has 1 aliphatic rings. The lowest BCUT2D eigenvalue weighted by Crippen LogP contribution is -2.43. The van der Waals surface area contributed by atoms with Crippen LogP contribution in [0, 0.1) is 20.8 Å². The molecule has 7 nitrogen and oxygen atoms in total. The molecule has 0 bridgehead atoms. The zero-order chi connectivity index (χ0) is 28.2. The summed E-state index contributed by atoms with van der Waals surface area (Å²) in [6, 6.07) is 24.5. The molecule has 3 aromatic carbocycles. The van der Waals surface area contributed by atoms with Gasteiger partial charge in [0, 0.05) is 24.8 Å². The van der Waals surface area contributed by atoms with Gasteiger partial charge in [-0.2, -0.15) is 5.10 Å². The summed E-state index contributed by atoms with van der Waals surface area (Å²) in [5.41, 5.74) is 8.01. The topological polar surface area (TPSA) is 76.5 Å². The Kier molecular flexibility index (Phi) is 8.38. The number of nitrogens with one attached hydrogen (secondary N) is 1. The Labute approximate surface area is 239 Å². The first-order chi connectivity index (χ1) is 19.4. The van der Waals surface area contributed by atoms with Gasteiger partial charge in [-0.3, -0.25) is 14.5 Å². The summed E-state index contributed by atoms with van der Waals surface area (Å²) in [4.78, 5) is 28.5. The van der Waals surface area contributed by atoms with Crippen molar-refractivity contribution < 1.29 is 14.3 Å². The van der Waals surface area contributed by atoms with Gasteiger partial charge in [0.25, 0.3) is 0 Å². The number of carbonyl (C=O) groups is 2. The maximum absolute atomic E-state index is 13.8. The van der Waals surface area contributed by atoms with E-state index in [-0.39, 0.29) is 29.4 Å². The van der Waals surface area contributed by atoms with Crippen molar-refractivity contribution in [3.63, 3.8) is 0 Å². The summed E-state index contributed by atoms with van der Waals surface area (Å²) in [7, 11) is 1.59. The first-order valence-electron chi connectivity index (χ1n) is 13.4. The number of ether oxygens (including phenoxy) is 1. The van der Waals surface area contributed by atoms with Crippen LogP contribution < -0.4 is 10.2 Å². The SMILES string of the molecule is COCCNC(=O)CN1C(=O)CS[C@H](c2ccccc2C)c2c(-c3ccccc3)nn(-c3ccc(C)cc3C)c21. The largest absolute Gasteiger partial charge is 0.383 e. The molecule has 1 aliphatic heterocycles. The lowest BCUT2D eigenvalue weighted by Gasteiger charge is -2.24. The van der Waals surface area contributed by atoms with Crippen molar-refractivity contribution in [2.75, 3.05) is 37.5 Å². The number of hydrogen-bond donors (Lipinski definition) is 1. The number of nitrogens with zero attached hydrogens (tertiary/aromatic N) is 3. The molecule has 0 radical (unpaired) electrons. The Morgan fingerprint density at radius 2 is 1.77 bits per heavy atom. The second-order valence-electron chi connectivity index (χ2n) is 10.0. The molecule has 1 aromatic heterocycles. The molecule has 4 aromatic rings. The second-order valence-corrected chi connectivity index (χ2v) is 11.1. The van der Waals surface area contributed by atoms with E-state index in [1.165, 1.54) is 0 Å². The number of carbonyl (C=O) groups excluding carboxylic acids is 2. The summed E-state index contributed by atoms with van der Waals surface area (Å²) in [5, 5.41) is 7.92. The number of fused-ring (bicyclic) bond motifs is 1. The Balaban J connectivity index is 1.78. The number of benzene rings is 3.